The molecule has 0 unspecified atom stereocenters. The maximum absolute atomic E-state index is 12.3. The van der Waals surface area contributed by atoms with Gasteiger partial charge in [-0.25, -0.2) is 0 Å². The highest BCUT2D eigenvalue weighted by molar-refractivity contribution is 5.80. The molecule has 0 aliphatic heterocycles. The van der Waals surface area contributed by atoms with Gasteiger partial charge in [-0.1, -0.05) is 68.3 Å². The zero-order valence-corrected chi connectivity index (χ0v) is 16.4. The lowest BCUT2D eigenvalue weighted by Crippen LogP contribution is -2.16. The van der Waals surface area contributed by atoms with Gasteiger partial charge in [-0.3, -0.25) is 0 Å². The zero-order valence-electron chi connectivity index (χ0n) is 16.4. The normalized spacial score (nSPS) is 12.6. The van der Waals surface area contributed by atoms with Crippen molar-refractivity contribution in [3.63, 3.8) is 0 Å². The molecule has 1 aliphatic rings. The van der Waals surface area contributed by atoms with E-state index in [2.05, 4.69) is 42.0 Å². The zero-order chi connectivity index (χ0) is 20.4. The Morgan fingerprint density at radius 1 is 0.793 bits per heavy atom. The number of unbranched alkanes of at least 4 members (excludes halogenated alkanes) is 2. The van der Waals surface area contributed by atoms with Crippen LogP contribution in [0.5, 0.6) is 5.75 Å². The third kappa shape index (κ3) is 4.47. The van der Waals surface area contributed by atoms with Gasteiger partial charge < -0.3 is 4.74 Å². The van der Waals surface area contributed by atoms with Gasteiger partial charge in [0.25, 0.3) is 0 Å². The van der Waals surface area contributed by atoms with Crippen LogP contribution in [0, 0.1) is 0 Å². The number of ether oxygens (including phenoxy) is 1. The first-order valence-electron chi connectivity index (χ1n) is 10.0. The Bertz CT molecular complexity index is 1000. The van der Waals surface area contributed by atoms with E-state index in [-0.39, 0.29) is 5.75 Å². The second kappa shape index (κ2) is 7.94. The average Bonchev–Trinajstić information content (AvgIpc) is 3.04. The molecule has 0 spiro atoms. The van der Waals surface area contributed by atoms with Crippen molar-refractivity contribution in [2.24, 2.45) is 0 Å². The molecule has 1 aliphatic carbocycles. The first-order valence-corrected chi connectivity index (χ1v) is 10.0. The minimum Gasteiger partial charge on any atom is -0.406 e. The summed E-state index contributed by atoms with van der Waals surface area (Å²) in [4.78, 5) is 0. The molecule has 0 saturated carbocycles. The molecule has 0 aromatic heterocycles. The number of hydrogen-bond acceptors (Lipinski definition) is 1. The molecule has 4 rings (SSSR count). The molecule has 0 fully saturated rings. The van der Waals surface area contributed by atoms with Crippen molar-refractivity contribution in [3.05, 3.63) is 77.4 Å². The van der Waals surface area contributed by atoms with Crippen molar-refractivity contribution in [1.82, 2.24) is 0 Å². The molecule has 0 N–H and O–H groups in total. The number of halogens is 3. The molecule has 0 radical (unpaired) electrons. The van der Waals surface area contributed by atoms with Crippen molar-refractivity contribution in [1.29, 1.82) is 0 Å². The molecule has 0 amide bonds. The summed E-state index contributed by atoms with van der Waals surface area (Å²) in [5, 5.41) is 0. The largest absolute Gasteiger partial charge is 0.573 e. The second-order valence-corrected chi connectivity index (χ2v) is 7.57. The Labute approximate surface area is 169 Å². The Morgan fingerprint density at radius 2 is 1.45 bits per heavy atom. The minimum atomic E-state index is -4.67. The molecule has 0 heterocycles. The SMILES string of the molecule is CCCCCc1ccc2c(c1)Cc1cc(-c3ccc(OC(F)(F)F)cc3)ccc1-2. The summed E-state index contributed by atoms with van der Waals surface area (Å²) in [5.74, 6) is -0.203. The summed E-state index contributed by atoms with van der Waals surface area (Å²) in [6.07, 6.45) is 1.05. The van der Waals surface area contributed by atoms with Crippen LogP contribution in [0.15, 0.2) is 60.7 Å². The summed E-state index contributed by atoms with van der Waals surface area (Å²) in [5.41, 5.74) is 8.43. The highest BCUT2D eigenvalue weighted by atomic mass is 19.4. The van der Waals surface area contributed by atoms with Gasteiger partial charge in [0.2, 0.25) is 0 Å². The number of hydrogen-bond donors (Lipinski definition) is 0. The fraction of sp³-hybridized carbons (Fsp3) is 0.280. The Balaban J connectivity index is 1.53. The smallest absolute Gasteiger partial charge is 0.406 e. The lowest BCUT2D eigenvalue weighted by molar-refractivity contribution is -0.274. The van der Waals surface area contributed by atoms with Gasteiger partial charge in [-0.05, 0) is 70.3 Å². The van der Waals surface area contributed by atoms with E-state index >= 15 is 0 Å². The van der Waals surface area contributed by atoms with E-state index in [1.54, 1.807) is 12.1 Å². The van der Waals surface area contributed by atoms with Crippen molar-refractivity contribution in [2.45, 2.75) is 45.4 Å². The van der Waals surface area contributed by atoms with E-state index in [1.165, 1.54) is 59.2 Å². The van der Waals surface area contributed by atoms with Crippen molar-refractivity contribution in [3.8, 4) is 28.0 Å². The molecule has 0 atom stereocenters. The Kier molecular flexibility index (Phi) is 5.35. The fourth-order valence-corrected chi connectivity index (χ4v) is 4.03. The van der Waals surface area contributed by atoms with Gasteiger partial charge in [-0.2, -0.15) is 0 Å². The molecular formula is C25H23F3O. The predicted octanol–water partition coefficient (Wildman–Crippen LogP) is 7.56. The number of fused-ring (bicyclic) bond motifs is 3. The topological polar surface area (TPSA) is 9.23 Å². The van der Waals surface area contributed by atoms with Crippen molar-refractivity contribution in [2.75, 3.05) is 0 Å². The van der Waals surface area contributed by atoms with Crippen LogP contribution in [0.4, 0.5) is 13.2 Å². The van der Waals surface area contributed by atoms with Crippen molar-refractivity contribution < 1.29 is 17.9 Å². The molecule has 0 saturated heterocycles. The van der Waals surface area contributed by atoms with Crippen LogP contribution in [-0.4, -0.2) is 6.36 Å². The monoisotopic (exact) mass is 396 g/mol. The van der Waals surface area contributed by atoms with Gasteiger partial charge in [-0.15, -0.1) is 13.2 Å². The fourth-order valence-electron chi connectivity index (χ4n) is 4.03. The first-order chi connectivity index (χ1) is 13.9. The first kappa shape index (κ1) is 19.6. The molecule has 29 heavy (non-hydrogen) atoms. The van der Waals surface area contributed by atoms with Crippen LogP contribution in [0.2, 0.25) is 0 Å². The average molecular weight is 396 g/mol. The summed E-state index contributed by atoms with van der Waals surface area (Å²) < 4.78 is 41.0. The van der Waals surface area contributed by atoms with Gasteiger partial charge >= 0.3 is 6.36 Å². The van der Waals surface area contributed by atoms with E-state index in [0.29, 0.717) is 0 Å². The van der Waals surface area contributed by atoms with Crippen LogP contribution in [0.3, 0.4) is 0 Å². The maximum Gasteiger partial charge on any atom is 0.573 e. The summed E-state index contributed by atoms with van der Waals surface area (Å²) >= 11 is 0. The molecule has 1 nitrogen and oxygen atoms in total. The third-order valence-corrected chi connectivity index (χ3v) is 5.44. The number of alkyl halides is 3. The lowest BCUT2D eigenvalue weighted by Gasteiger charge is -2.10. The molecular weight excluding hydrogens is 373 g/mol. The quantitative estimate of drug-likeness (QED) is 0.306. The molecule has 0 bridgehead atoms. The molecule has 150 valence electrons. The van der Waals surface area contributed by atoms with E-state index in [4.69, 9.17) is 0 Å². The summed E-state index contributed by atoms with van der Waals surface area (Å²) in [6.45, 7) is 2.22. The van der Waals surface area contributed by atoms with E-state index < -0.39 is 6.36 Å². The van der Waals surface area contributed by atoms with Crippen LogP contribution < -0.4 is 4.74 Å². The van der Waals surface area contributed by atoms with Gasteiger partial charge in [0, 0.05) is 0 Å². The highest BCUT2D eigenvalue weighted by Gasteiger charge is 2.31. The standard InChI is InChI=1S/C25H23F3O/c1-2-3-4-5-17-6-12-23-20(14-17)16-21-15-19(9-13-24(21)23)18-7-10-22(11-8-18)29-25(26,27)28/h6-15H,2-5,16H2,1H3. The number of rotatable bonds is 6. The van der Waals surface area contributed by atoms with E-state index in [0.717, 1.165) is 24.0 Å². The third-order valence-electron chi connectivity index (χ3n) is 5.44. The molecule has 3 aromatic carbocycles. The van der Waals surface area contributed by atoms with E-state index in [1.807, 2.05) is 6.07 Å². The number of benzene rings is 3. The van der Waals surface area contributed by atoms with Crippen LogP contribution >= 0.6 is 0 Å². The van der Waals surface area contributed by atoms with Gasteiger partial charge in [0.1, 0.15) is 5.75 Å². The lowest BCUT2D eigenvalue weighted by atomic mass is 9.98. The highest BCUT2D eigenvalue weighted by Crippen LogP contribution is 2.39. The van der Waals surface area contributed by atoms with Crippen LogP contribution in [0.1, 0.15) is 42.9 Å². The Hall–Kier alpha value is -2.75. The Morgan fingerprint density at radius 3 is 2.14 bits per heavy atom. The summed E-state index contributed by atoms with van der Waals surface area (Å²) in [7, 11) is 0. The van der Waals surface area contributed by atoms with Gasteiger partial charge in [0.15, 0.2) is 0 Å². The summed E-state index contributed by atoms with van der Waals surface area (Å²) in [6, 6.07) is 19.1. The van der Waals surface area contributed by atoms with Gasteiger partial charge in [0.05, 0.1) is 0 Å². The predicted molar refractivity (Wildman–Crippen MR) is 110 cm³/mol. The molecule has 3 aromatic rings. The maximum atomic E-state index is 12.3. The second-order valence-electron chi connectivity index (χ2n) is 7.57. The molecule has 4 heteroatoms. The van der Waals surface area contributed by atoms with E-state index in [9.17, 15) is 13.2 Å². The van der Waals surface area contributed by atoms with Crippen molar-refractivity contribution >= 4 is 0 Å². The number of aryl methyl sites for hydroxylation is 1. The minimum absolute atomic E-state index is 0.203. The van der Waals surface area contributed by atoms with Crippen LogP contribution in [-0.2, 0) is 12.8 Å². The van der Waals surface area contributed by atoms with Crippen LogP contribution in [0.25, 0.3) is 22.3 Å².